The number of nitrogens with zero attached hydrogens (tertiary/aromatic N) is 2. The lowest BCUT2D eigenvalue weighted by Crippen LogP contribution is -2.20. The van der Waals surface area contributed by atoms with Gasteiger partial charge in [-0.05, 0) is 24.0 Å². The number of hydrogen-bond donors (Lipinski definition) is 1. The number of ether oxygens (including phenoxy) is 1. The average Bonchev–Trinajstić information content (AvgIpc) is 2.81. The van der Waals surface area contributed by atoms with Crippen molar-refractivity contribution >= 4 is 5.82 Å². The number of anilines is 1. The molecule has 1 N–H and O–H groups in total. The number of rotatable bonds is 3. The smallest absolute Gasteiger partial charge is 0.218 e. The first kappa shape index (κ1) is 11.0. The van der Waals surface area contributed by atoms with Crippen LogP contribution in [0.3, 0.4) is 0 Å². The normalized spacial score (nSPS) is 14.3. The zero-order chi connectivity index (χ0) is 12.4. The molecular formula is C14H15N3O. The molecule has 0 fully saturated rings. The van der Waals surface area contributed by atoms with Gasteiger partial charge in [-0.2, -0.15) is 0 Å². The van der Waals surface area contributed by atoms with E-state index >= 15 is 0 Å². The van der Waals surface area contributed by atoms with Gasteiger partial charge < -0.3 is 10.1 Å². The summed E-state index contributed by atoms with van der Waals surface area (Å²) < 4.78 is 5.09. The van der Waals surface area contributed by atoms with Crippen molar-refractivity contribution in [1.29, 1.82) is 0 Å². The van der Waals surface area contributed by atoms with Gasteiger partial charge in [0, 0.05) is 12.1 Å². The maximum atomic E-state index is 5.09. The van der Waals surface area contributed by atoms with Gasteiger partial charge in [0.1, 0.15) is 12.1 Å². The molecule has 0 amide bonds. The van der Waals surface area contributed by atoms with Crippen molar-refractivity contribution in [2.45, 2.75) is 18.9 Å². The predicted octanol–water partition coefficient (Wildman–Crippen LogP) is 2.06. The molecule has 4 nitrogen and oxygen atoms in total. The molecule has 0 atom stereocenters. The highest BCUT2D eigenvalue weighted by Gasteiger charge is 2.20. The Kier molecular flexibility index (Phi) is 2.84. The first-order valence-corrected chi connectivity index (χ1v) is 6.04. The zero-order valence-electron chi connectivity index (χ0n) is 10.3. The third-order valence-corrected chi connectivity index (χ3v) is 3.25. The van der Waals surface area contributed by atoms with E-state index in [9.17, 15) is 0 Å². The molecule has 2 aromatic rings. The van der Waals surface area contributed by atoms with Crippen LogP contribution in [0.2, 0.25) is 0 Å². The fourth-order valence-electron chi connectivity index (χ4n) is 2.40. The third kappa shape index (κ3) is 2.14. The molecule has 0 aliphatic heterocycles. The lowest BCUT2D eigenvalue weighted by molar-refractivity contribution is 0.397. The molecule has 92 valence electrons. The quantitative estimate of drug-likeness (QED) is 0.893. The molecule has 0 saturated carbocycles. The maximum absolute atomic E-state index is 5.09. The molecular weight excluding hydrogens is 226 g/mol. The summed E-state index contributed by atoms with van der Waals surface area (Å²) in [4.78, 5) is 8.21. The molecule has 0 radical (unpaired) electrons. The number of aromatic nitrogens is 2. The lowest BCUT2D eigenvalue weighted by Gasteiger charge is -2.12. The van der Waals surface area contributed by atoms with Crippen molar-refractivity contribution in [3.8, 4) is 5.88 Å². The molecule has 18 heavy (non-hydrogen) atoms. The molecule has 0 saturated heterocycles. The summed E-state index contributed by atoms with van der Waals surface area (Å²) >= 11 is 0. The van der Waals surface area contributed by atoms with Gasteiger partial charge in [0.25, 0.3) is 0 Å². The monoisotopic (exact) mass is 241 g/mol. The van der Waals surface area contributed by atoms with Crippen molar-refractivity contribution in [2.75, 3.05) is 12.4 Å². The summed E-state index contributed by atoms with van der Waals surface area (Å²) in [7, 11) is 1.61. The van der Waals surface area contributed by atoms with Gasteiger partial charge in [0.05, 0.1) is 7.11 Å². The van der Waals surface area contributed by atoms with Crippen LogP contribution >= 0.6 is 0 Å². The molecule has 1 aliphatic carbocycles. The van der Waals surface area contributed by atoms with E-state index in [0.717, 1.165) is 18.7 Å². The fourth-order valence-corrected chi connectivity index (χ4v) is 2.40. The van der Waals surface area contributed by atoms with Crippen LogP contribution in [0.1, 0.15) is 11.1 Å². The highest BCUT2D eigenvalue weighted by Crippen LogP contribution is 2.24. The highest BCUT2D eigenvalue weighted by molar-refractivity contribution is 5.42. The second-order valence-corrected chi connectivity index (χ2v) is 4.46. The Morgan fingerprint density at radius 3 is 2.56 bits per heavy atom. The zero-order valence-corrected chi connectivity index (χ0v) is 10.3. The first-order valence-electron chi connectivity index (χ1n) is 6.04. The predicted molar refractivity (Wildman–Crippen MR) is 69.8 cm³/mol. The SMILES string of the molecule is COc1cc(NC2Cc3ccccc3C2)ncn1. The van der Waals surface area contributed by atoms with Crippen LogP contribution < -0.4 is 10.1 Å². The van der Waals surface area contributed by atoms with Gasteiger partial charge >= 0.3 is 0 Å². The average molecular weight is 241 g/mol. The highest BCUT2D eigenvalue weighted by atomic mass is 16.5. The minimum absolute atomic E-state index is 0.405. The molecule has 1 aromatic heterocycles. The van der Waals surface area contributed by atoms with Crippen molar-refractivity contribution in [2.24, 2.45) is 0 Å². The largest absolute Gasteiger partial charge is 0.481 e. The summed E-state index contributed by atoms with van der Waals surface area (Å²) in [6, 6.07) is 10.8. The molecule has 1 aromatic carbocycles. The van der Waals surface area contributed by atoms with Crippen molar-refractivity contribution in [3.05, 3.63) is 47.8 Å². The van der Waals surface area contributed by atoms with Crippen molar-refractivity contribution in [3.63, 3.8) is 0 Å². The number of fused-ring (bicyclic) bond motifs is 1. The Morgan fingerprint density at radius 1 is 1.17 bits per heavy atom. The van der Waals surface area contributed by atoms with Crippen molar-refractivity contribution in [1.82, 2.24) is 9.97 Å². The minimum atomic E-state index is 0.405. The Balaban J connectivity index is 1.72. The fraction of sp³-hybridized carbons (Fsp3) is 0.286. The van der Waals surface area contributed by atoms with Crippen LogP contribution in [0.5, 0.6) is 5.88 Å². The molecule has 0 bridgehead atoms. The standard InChI is InChI=1S/C14H15N3O/c1-18-14-8-13(15-9-16-14)17-12-6-10-4-2-3-5-11(10)7-12/h2-5,8-9,12H,6-7H2,1H3,(H,15,16,17). The second-order valence-electron chi connectivity index (χ2n) is 4.46. The van der Waals surface area contributed by atoms with Gasteiger partial charge in [0.2, 0.25) is 5.88 Å². The third-order valence-electron chi connectivity index (χ3n) is 3.25. The summed E-state index contributed by atoms with van der Waals surface area (Å²) in [6.07, 6.45) is 3.61. The summed E-state index contributed by atoms with van der Waals surface area (Å²) in [5.41, 5.74) is 2.85. The van der Waals surface area contributed by atoms with Gasteiger partial charge in [-0.25, -0.2) is 9.97 Å². The van der Waals surface area contributed by atoms with Gasteiger partial charge in [-0.3, -0.25) is 0 Å². The van der Waals surface area contributed by atoms with Crippen LogP contribution in [0.25, 0.3) is 0 Å². The van der Waals surface area contributed by atoms with Gasteiger partial charge in [-0.1, -0.05) is 24.3 Å². The molecule has 4 heteroatoms. The van der Waals surface area contributed by atoms with Crippen LogP contribution in [0, 0.1) is 0 Å². The van der Waals surface area contributed by atoms with E-state index in [2.05, 4.69) is 39.6 Å². The summed E-state index contributed by atoms with van der Waals surface area (Å²) in [5, 5.41) is 3.43. The second kappa shape index (κ2) is 4.64. The Labute approximate surface area is 106 Å². The molecule has 1 heterocycles. The van der Waals surface area contributed by atoms with E-state index in [1.54, 1.807) is 7.11 Å². The van der Waals surface area contributed by atoms with Crippen LogP contribution in [0.4, 0.5) is 5.82 Å². The first-order chi connectivity index (χ1) is 8.85. The Morgan fingerprint density at radius 2 is 1.89 bits per heavy atom. The molecule has 0 unspecified atom stereocenters. The Bertz CT molecular complexity index is 531. The van der Waals surface area contributed by atoms with E-state index in [0.29, 0.717) is 11.9 Å². The molecule has 3 rings (SSSR count). The van der Waals surface area contributed by atoms with Gasteiger partial charge in [-0.15, -0.1) is 0 Å². The van der Waals surface area contributed by atoms with E-state index in [1.165, 1.54) is 17.5 Å². The number of benzene rings is 1. The number of hydrogen-bond acceptors (Lipinski definition) is 4. The minimum Gasteiger partial charge on any atom is -0.481 e. The van der Waals surface area contributed by atoms with Crippen molar-refractivity contribution < 1.29 is 4.74 Å². The summed E-state index contributed by atoms with van der Waals surface area (Å²) in [6.45, 7) is 0. The topological polar surface area (TPSA) is 47.0 Å². The van der Waals surface area contributed by atoms with Crippen LogP contribution in [-0.2, 0) is 12.8 Å². The van der Waals surface area contributed by atoms with E-state index < -0.39 is 0 Å². The number of nitrogens with one attached hydrogen (secondary N) is 1. The van der Waals surface area contributed by atoms with Crippen LogP contribution in [0.15, 0.2) is 36.7 Å². The lowest BCUT2D eigenvalue weighted by atomic mass is 10.1. The van der Waals surface area contributed by atoms with Crippen LogP contribution in [-0.4, -0.2) is 23.1 Å². The Hall–Kier alpha value is -2.10. The van der Waals surface area contributed by atoms with E-state index in [1.807, 2.05) is 6.07 Å². The molecule has 1 aliphatic rings. The van der Waals surface area contributed by atoms with E-state index in [-0.39, 0.29) is 0 Å². The number of methoxy groups -OCH3 is 1. The summed E-state index contributed by atoms with van der Waals surface area (Å²) in [5.74, 6) is 1.41. The van der Waals surface area contributed by atoms with E-state index in [4.69, 9.17) is 4.74 Å². The maximum Gasteiger partial charge on any atom is 0.218 e. The van der Waals surface area contributed by atoms with Gasteiger partial charge in [0.15, 0.2) is 0 Å². The molecule has 0 spiro atoms.